The molecule has 27 heavy (non-hydrogen) atoms. The molecule has 2 aliphatic rings. The highest BCUT2D eigenvalue weighted by atomic mass is 32.2. The van der Waals surface area contributed by atoms with E-state index in [0.29, 0.717) is 11.5 Å². The smallest absolute Gasteiger partial charge is 0.406 e. The second-order valence-electron chi connectivity index (χ2n) is 6.30. The third-order valence-corrected chi connectivity index (χ3v) is 6.64. The van der Waals surface area contributed by atoms with Crippen LogP contribution in [0.4, 0.5) is 23.7 Å². The van der Waals surface area contributed by atoms with Gasteiger partial charge in [0.1, 0.15) is 11.8 Å². The fourth-order valence-electron chi connectivity index (χ4n) is 3.09. The average Bonchev–Trinajstić information content (AvgIpc) is 3.13. The lowest BCUT2D eigenvalue weighted by Gasteiger charge is -2.18. The van der Waals surface area contributed by atoms with Gasteiger partial charge in [0, 0.05) is 29.8 Å². The molecule has 0 aliphatic carbocycles. The fraction of sp³-hybridized carbons (Fsp3) is 0.500. The van der Waals surface area contributed by atoms with E-state index in [1.807, 2.05) is 0 Å². The van der Waals surface area contributed by atoms with Crippen LogP contribution in [0.5, 0.6) is 5.75 Å². The predicted molar refractivity (Wildman–Crippen MR) is 92.0 cm³/mol. The van der Waals surface area contributed by atoms with Gasteiger partial charge in [-0.1, -0.05) is 6.07 Å². The van der Waals surface area contributed by atoms with Gasteiger partial charge in [0.25, 0.3) is 0 Å². The van der Waals surface area contributed by atoms with Gasteiger partial charge in [0.15, 0.2) is 0 Å². The Morgan fingerprint density at radius 1 is 1.30 bits per heavy atom. The number of rotatable bonds is 3. The lowest BCUT2D eigenvalue weighted by molar-refractivity contribution is -0.274. The number of benzene rings is 1. The Labute approximate surface area is 154 Å². The first kappa shape index (κ1) is 19.5. The number of urea groups is 1. The molecule has 0 spiro atoms. The minimum absolute atomic E-state index is 0.217. The number of carbonyl (C=O) groups is 2. The Hall–Kier alpha value is -2.30. The van der Waals surface area contributed by atoms with E-state index >= 15 is 0 Å². The highest BCUT2D eigenvalue weighted by molar-refractivity contribution is 7.94. The van der Waals surface area contributed by atoms with Crippen molar-refractivity contribution in [1.29, 1.82) is 0 Å². The zero-order valence-electron chi connectivity index (χ0n) is 14.2. The molecule has 2 fully saturated rings. The summed E-state index contributed by atoms with van der Waals surface area (Å²) in [6.07, 6.45) is -3.06. The summed E-state index contributed by atoms with van der Waals surface area (Å²) < 4.78 is 56.9. The van der Waals surface area contributed by atoms with Crippen molar-refractivity contribution in [3.05, 3.63) is 24.3 Å². The summed E-state index contributed by atoms with van der Waals surface area (Å²) in [6.45, 7) is 0.217. The van der Waals surface area contributed by atoms with E-state index < -0.39 is 39.8 Å². The maximum Gasteiger partial charge on any atom is 0.573 e. The average molecular weight is 405 g/mol. The fourth-order valence-corrected chi connectivity index (χ4v) is 5.15. The van der Waals surface area contributed by atoms with Crippen LogP contribution in [0.15, 0.2) is 28.6 Å². The van der Waals surface area contributed by atoms with Crippen molar-refractivity contribution in [3.63, 3.8) is 0 Å². The standard InChI is InChI=1S/C16H18F3N3O4S/c17-16(18,19)26-12-5-3-4-11(10-12)22-7-6-13(14(22)23)20-15(24)21-27(25)8-1-2-9-27/h3-5,10,13H,1-2,6-9H2,(H,20,24). The Balaban J connectivity index is 1.67. The van der Waals surface area contributed by atoms with Gasteiger partial charge in [-0.25, -0.2) is 9.00 Å². The number of alkyl halides is 3. The van der Waals surface area contributed by atoms with Crippen molar-refractivity contribution in [2.75, 3.05) is 23.0 Å². The molecule has 1 atom stereocenters. The van der Waals surface area contributed by atoms with E-state index in [0.717, 1.165) is 25.0 Å². The number of amides is 3. The lowest BCUT2D eigenvalue weighted by atomic mass is 10.2. The quantitative estimate of drug-likeness (QED) is 0.838. The van der Waals surface area contributed by atoms with Gasteiger partial charge in [-0.15, -0.1) is 17.5 Å². The summed E-state index contributed by atoms with van der Waals surface area (Å²) in [4.78, 5) is 25.7. The Bertz CT molecular complexity index is 853. The van der Waals surface area contributed by atoms with E-state index in [4.69, 9.17) is 0 Å². The zero-order chi connectivity index (χ0) is 19.7. The summed E-state index contributed by atoms with van der Waals surface area (Å²) in [5.74, 6) is -0.161. The monoisotopic (exact) mass is 405 g/mol. The van der Waals surface area contributed by atoms with Crippen LogP contribution in [0.3, 0.4) is 0 Å². The van der Waals surface area contributed by atoms with Gasteiger partial charge in [-0.05, 0) is 31.4 Å². The Kier molecular flexibility index (Phi) is 5.31. The van der Waals surface area contributed by atoms with E-state index in [9.17, 15) is 27.0 Å². The predicted octanol–water partition coefficient (Wildman–Crippen LogP) is 2.66. The lowest BCUT2D eigenvalue weighted by Crippen LogP contribution is -2.40. The molecule has 7 nitrogen and oxygen atoms in total. The van der Waals surface area contributed by atoms with E-state index in [-0.39, 0.29) is 18.7 Å². The van der Waals surface area contributed by atoms with Crippen LogP contribution in [0, 0.1) is 0 Å². The van der Waals surface area contributed by atoms with Gasteiger partial charge >= 0.3 is 12.4 Å². The number of nitrogens with zero attached hydrogens (tertiary/aromatic N) is 2. The molecular formula is C16H18F3N3O4S. The SMILES string of the molecule is O=C(N=S1(=O)CCCC1)NC1CCN(c2cccc(OC(F)(F)F)c2)C1=O. The number of halogens is 3. The number of hydrogen-bond acceptors (Lipinski definition) is 4. The van der Waals surface area contributed by atoms with E-state index in [1.165, 1.54) is 17.0 Å². The molecule has 0 saturated carbocycles. The molecule has 3 amide bonds. The molecule has 1 aromatic carbocycles. The van der Waals surface area contributed by atoms with Gasteiger partial charge in [0.2, 0.25) is 5.91 Å². The first-order valence-electron chi connectivity index (χ1n) is 8.35. The molecule has 11 heteroatoms. The van der Waals surface area contributed by atoms with Crippen molar-refractivity contribution in [2.45, 2.75) is 31.7 Å². The number of hydrogen-bond donors (Lipinski definition) is 1. The molecule has 2 heterocycles. The van der Waals surface area contributed by atoms with Gasteiger partial charge in [0.05, 0.1) is 9.73 Å². The second-order valence-corrected chi connectivity index (χ2v) is 8.85. The number of anilines is 1. The van der Waals surface area contributed by atoms with E-state index in [1.54, 1.807) is 0 Å². The van der Waals surface area contributed by atoms with Crippen LogP contribution in [0.25, 0.3) is 0 Å². The zero-order valence-corrected chi connectivity index (χ0v) is 15.0. The maximum absolute atomic E-state index is 12.5. The topological polar surface area (TPSA) is 88.1 Å². The summed E-state index contributed by atoms with van der Waals surface area (Å²) in [5.41, 5.74) is 0.233. The second kappa shape index (κ2) is 7.37. The number of carbonyl (C=O) groups excluding carboxylic acids is 2. The minimum Gasteiger partial charge on any atom is -0.406 e. The third-order valence-electron chi connectivity index (χ3n) is 4.29. The summed E-state index contributed by atoms with van der Waals surface area (Å²) in [5, 5.41) is 2.45. The van der Waals surface area contributed by atoms with Crippen LogP contribution < -0.4 is 15.0 Å². The largest absolute Gasteiger partial charge is 0.573 e. The Morgan fingerprint density at radius 2 is 2.00 bits per heavy atom. The van der Waals surface area contributed by atoms with Crippen LogP contribution >= 0.6 is 0 Å². The van der Waals surface area contributed by atoms with Crippen molar-refractivity contribution in [1.82, 2.24) is 5.32 Å². The highest BCUT2D eigenvalue weighted by Crippen LogP contribution is 2.29. The molecule has 2 saturated heterocycles. The first-order chi connectivity index (χ1) is 12.7. The van der Waals surface area contributed by atoms with Crippen LogP contribution in [0.1, 0.15) is 19.3 Å². The molecule has 1 unspecified atom stereocenters. The first-order valence-corrected chi connectivity index (χ1v) is 10.2. The third kappa shape index (κ3) is 4.90. The van der Waals surface area contributed by atoms with Crippen molar-refractivity contribution < 1.29 is 31.7 Å². The molecule has 148 valence electrons. The Morgan fingerprint density at radius 3 is 2.67 bits per heavy atom. The van der Waals surface area contributed by atoms with Gasteiger partial charge < -0.3 is 15.0 Å². The molecule has 2 aliphatic heterocycles. The normalized spacial score (nSPS) is 22.0. The van der Waals surface area contributed by atoms with Crippen molar-refractivity contribution in [3.8, 4) is 5.75 Å². The summed E-state index contributed by atoms with van der Waals surface area (Å²) in [6, 6.07) is 3.40. The molecule has 3 rings (SSSR count). The summed E-state index contributed by atoms with van der Waals surface area (Å²) in [7, 11) is -2.54. The van der Waals surface area contributed by atoms with Crippen molar-refractivity contribution in [2.24, 2.45) is 4.36 Å². The molecule has 0 aromatic heterocycles. The van der Waals surface area contributed by atoms with Crippen LogP contribution in [0.2, 0.25) is 0 Å². The highest BCUT2D eigenvalue weighted by Gasteiger charge is 2.35. The molecular weight excluding hydrogens is 387 g/mol. The molecule has 0 radical (unpaired) electrons. The van der Waals surface area contributed by atoms with Crippen LogP contribution in [-0.2, 0) is 14.5 Å². The van der Waals surface area contributed by atoms with E-state index in [2.05, 4.69) is 14.4 Å². The minimum atomic E-state index is -4.83. The van der Waals surface area contributed by atoms with Crippen LogP contribution in [-0.4, -0.2) is 46.6 Å². The molecule has 1 N–H and O–H groups in total. The van der Waals surface area contributed by atoms with Crippen molar-refractivity contribution >= 4 is 27.4 Å². The maximum atomic E-state index is 12.5. The molecule has 0 bridgehead atoms. The van der Waals surface area contributed by atoms with Gasteiger partial charge in [-0.2, -0.15) is 0 Å². The molecule has 1 aromatic rings. The van der Waals surface area contributed by atoms with Gasteiger partial charge in [-0.3, -0.25) is 4.79 Å². The number of ether oxygens (including phenoxy) is 1. The summed E-state index contributed by atoms with van der Waals surface area (Å²) >= 11 is 0. The number of nitrogens with one attached hydrogen (secondary N) is 1.